The molecule has 0 aliphatic heterocycles. The molecule has 2 amide bonds. The maximum absolute atomic E-state index is 12.1. The Morgan fingerprint density at radius 2 is 1.83 bits per heavy atom. The van der Waals surface area contributed by atoms with Crippen LogP contribution in [0, 0.1) is 0 Å². The highest BCUT2D eigenvalue weighted by atomic mass is 19.4. The molecule has 0 saturated heterocycles. The Labute approximate surface area is 164 Å². The van der Waals surface area contributed by atoms with Crippen molar-refractivity contribution >= 4 is 18.0 Å². The third-order valence-corrected chi connectivity index (χ3v) is 3.53. The van der Waals surface area contributed by atoms with Crippen LogP contribution in [0.2, 0.25) is 0 Å². The van der Waals surface area contributed by atoms with Crippen LogP contribution in [0.15, 0.2) is 42.5 Å². The molecular formula is C19H19F3N2O5. The third kappa shape index (κ3) is 7.60. The lowest BCUT2D eigenvalue weighted by molar-refractivity contribution is -0.274. The highest BCUT2D eigenvalue weighted by Crippen LogP contribution is 2.27. The van der Waals surface area contributed by atoms with Gasteiger partial charge in [-0.1, -0.05) is 0 Å². The van der Waals surface area contributed by atoms with Crippen LogP contribution in [0.3, 0.4) is 0 Å². The smallest absolute Gasteiger partial charge is 0.493 e. The average Bonchev–Trinajstić information content (AvgIpc) is 2.68. The van der Waals surface area contributed by atoms with Crippen LogP contribution in [-0.2, 0) is 0 Å². The normalized spacial score (nSPS) is 10.8. The highest BCUT2D eigenvalue weighted by molar-refractivity contribution is 5.89. The van der Waals surface area contributed by atoms with Gasteiger partial charge in [0.2, 0.25) is 0 Å². The van der Waals surface area contributed by atoms with Crippen LogP contribution in [0.1, 0.15) is 16.8 Å². The Bertz CT molecular complexity index is 826. The summed E-state index contributed by atoms with van der Waals surface area (Å²) >= 11 is 0. The number of anilines is 1. The molecule has 29 heavy (non-hydrogen) atoms. The van der Waals surface area contributed by atoms with Crippen LogP contribution >= 0.6 is 0 Å². The molecule has 10 heteroatoms. The van der Waals surface area contributed by atoms with E-state index in [1.165, 1.54) is 19.2 Å². The predicted molar refractivity (Wildman–Crippen MR) is 98.6 cm³/mol. The molecule has 7 nitrogen and oxygen atoms in total. The molecule has 0 aromatic heterocycles. The van der Waals surface area contributed by atoms with Crippen LogP contribution in [0.5, 0.6) is 17.2 Å². The van der Waals surface area contributed by atoms with E-state index >= 15 is 0 Å². The number of ether oxygens (including phenoxy) is 3. The van der Waals surface area contributed by atoms with E-state index in [0.717, 1.165) is 12.1 Å². The van der Waals surface area contributed by atoms with Gasteiger partial charge in [-0.15, -0.1) is 13.2 Å². The zero-order valence-electron chi connectivity index (χ0n) is 15.4. The van der Waals surface area contributed by atoms with Crippen molar-refractivity contribution in [2.45, 2.75) is 12.8 Å². The van der Waals surface area contributed by atoms with Gasteiger partial charge in [0.25, 0.3) is 0 Å². The topological polar surface area (TPSA) is 85.9 Å². The summed E-state index contributed by atoms with van der Waals surface area (Å²) in [6, 6.07) is 9.03. The van der Waals surface area contributed by atoms with Crippen molar-refractivity contribution in [3.8, 4) is 17.2 Å². The molecule has 2 rings (SSSR count). The summed E-state index contributed by atoms with van der Waals surface area (Å²) in [7, 11) is 1.48. The molecule has 0 atom stereocenters. The number of rotatable bonds is 9. The Balaban J connectivity index is 1.72. The summed E-state index contributed by atoms with van der Waals surface area (Å²) in [5, 5.41) is 5.08. The molecule has 0 bridgehead atoms. The molecule has 2 N–H and O–H groups in total. The molecule has 0 fully saturated rings. The van der Waals surface area contributed by atoms with Gasteiger partial charge < -0.3 is 24.8 Å². The van der Waals surface area contributed by atoms with Gasteiger partial charge in [-0.25, -0.2) is 4.79 Å². The number of alkyl halides is 3. The molecule has 0 heterocycles. The van der Waals surface area contributed by atoms with Gasteiger partial charge >= 0.3 is 12.4 Å². The number of benzene rings is 2. The predicted octanol–water partition coefficient (Wildman–Crippen LogP) is 4.00. The van der Waals surface area contributed by atoms with Gasteiger partial charge in [0.15, 0.2) is 11.5 Å². The van der Waals surface area contributed by atoms with Crippen molar-refractivity contribution in [2.75, 3.05) is 25.6 Å². The number of urea groups is 1. The minimum absolute atomic E-state index is 0.266. The van der Waals surface area contributed by atoms with Crippen LogP contribution in [-0.4, -0.2) is 38.9 Å². The zero-order valence-corrected chi connectivity index (χ0v) is 15.4. The minimum Gasteiger partial charge on any atom is -0.493 e. The molecule has 0 saturated carbocycles. The minimum atomic E-state index is -4.77. The van der Waals surface area contributed by atoms with Crippen molar-refractivity contribution in [3.63, 3.8) is 0 Å². The van der Waals surface area contributed by atoms with E-state index in [2.05, 4.69) is 15.4 Å². The number of methoxy groups -OCH3 is 1. The average molecular weight is 412 g/mol. The summed E-state index contributed by atoms with van der Waals surface area (Å²) in [6.07, 6.45) is -3.60. The summed E-state index contributed by atoms with van der Waals surface area (Å²) in [6.45, 7) is 0.555. The first-order chi connectivity index (χ1) is 13.8. The van der Waals surface area contributed by atoms with E-state index in [4.69, 9.17) is 9.47 Å². The van der Waals surface area contributed by atoms with E-state index in [1.54, 1.807) is 18.2 Å². The summed E-state index contributed by atoms with van der Waals surface area (Å²) < 4.78 is 50.8. The van der Waals surface area contributed by atoms with E-state index in [-0.39, 0.29) is 18.9 Å². The van der Waals surface area contributed by atoms with Crippen LogP contribution < -0.4 is 24.8 Å². The van der Waals surface area contributed by atoms with E-state index in [0.29, 0.717) is 35.5 Å². The Morgan fingerprint density at radius 3 is 2.45 bits per heavy atom. The number of hydrogen-bond acceptors (Lipinski definition) is 5. The molecule has 2 aromatic rings. The number of aldehydes is 1. The Morgan fingerprint density at radius 1 is 1.10 bits per heavy atom. The molecule has 0 spiro atoms. The second-order valence-corrected chi connectivity index (χ2v) is 5.68. The fraction of sp³-hybridized carbons (Fsp3) is 0.263. The summed E-state index contributed by atoms with van der Waals surface area (Å²) in [4.78, 5) is 22.6. The first-order valence-electron chi connectivity index (χ1n) is 8.47. The SMILES string of the molecule is COc1ccc(C=O)cc1OCCCNC(=O)Nc1ccc(OC(F)(F)F)cc1. The second kappa shape index (κ2) is 10.2. The van der Waals surface area contributed by atoms with Gasteiger partial charge in [-0.2, -0.15) is 0 Å². The van der Waals surface area contributed by atoms with Gasteiger partial charge in [0, 0.05) is 17.8 Å². The molecule has 0 aliphatic rings. The number of carbonyl (C=O) groups is 2. The number of hydrogen-bond donors (Lipinski definition) is 2. The summed E-state index contributed by atoms with van der Waals surface area (Å²) in [5.74, 6) is 0.525. The molecule has 0 radical (unpaired) electrons. The number of nitrogens with one attached hydrogen (secondary N) is 2. The summed E-state index contributed by atoms with van der Waals surface area (Å²) in [5.41, 5.74) is 0.758. The zero-order chi connectivity index (χ0) is 21.3. The molecule has 0 unspecified atom stereocenters. The van der Waals surface area contributed by atoms with Gasteiger partial charge in [-0.3, -0.25) is 4.79 Å². The third-order valence-electron chi connectivity index (χ3n) is 3.53. The van der Waals surface area contributed by atoms with E-state index < -0.39 is 12.4 Å². The quantitative estimate of drug-likeness (QED) is 0.480. The number of carbonyl (C=O) groups excluding carboxylic acids is 2. The lowest BCUT2D eigenvalue weighted by Crippen LogP contribution is -2.30. The molecule has 0 aliphatic carbocycles. The fourth-order valence-corrected chi connectivity index (χ4v) is 2.25. The molecular weight excluding hydrogens is 393 g/mol. The van der Waals surface area contributed by atoms with Crippen molar-refractivity contribution in [1.29, 1.82) is 0 Å². The van der Waals surface area contributed by atoms with Gasteiger partial charge in [0.1, 0.15) is 12.0 Å². The van der Waals surface area contributed by atoms with Crippen molar-refractivity contribution in [3.05, 3.63) is 48.0 Å². The Hall–Kier alpha value is -3.43. The highest BCUT2D eigenvalue weighted by Gasteiger charge is 2.30. The number of amides is 2. The first-order valence-corrected chi connectivity index (χ1v) is 8.47. The monoisotopic (exact) mass is 412 g/mol. The molecule has 2 aromatic carbocycles. The van der Waals surface area contributed by atoms with Crippen LogP contribution in [0.25, 0.3) is 0 Å². The van der Waals surface area contributed by atoms with E-state index in [9.17, 15) is 22.8 Å². The number of halogens is 3. The lowest BCUT2D eigenvalue weighted by Gasteiger charge is -2.12. The van der Waals surface area contributed by atoms with Gasteiger partial charge in [-0.05, 0) is 48.9 Å². The second-order valence-electron chi connectivity index (χ2n) is 5.68. The van der Waals surface area contributed by atoms with Crippen LogP contribution in [0.4, 0.5) is 23.7 Å². The lowest BCUT2D eigenvalue weighted by atomic mass is 10.2. The maximum Gasteiger partial charge on any atom is 0.573 e. The van der Waals surface area contributed by atoms with Crippen molar-refractivity contribution < 1.29 is 37.0 Å². The largest absolute Gasteiger partial charge is 0.573 e. The Kier molecular flexibility index (Phi) is 7.70. The molecule has 156 valence electrons. The van der Waals surface area contributed by atoms with Gasteiger partial charge in [0.05, 0.1) is 13.7 Å². The maximum atomic E-state index is 12.1. The fourth-order valence-electron chi connectivity index (χ4n) is 2.25. The van der Waals surface area contributed by atoms with E-state index in [1.807, 2.05) is 0 Å². The van der Waals surface area contributed by atoms with Crippen molar-refractivity contribution in [2.24, 2.45) is 0 Å². The van der Waals surface area contributed by atoms with Crippen molar-refractivity contribution in [1.82, 2.24) is 5.32 Å². The first kappa shape index (κ1) is 21.9. The standard InChI is InChI=1S/C19H19F3N2O5/c1-27-16-8-3-13(12-25)11-17(16)28-10-2-9-23-18(26)24-14-4-6-15(7-5-14)29-19(20,21)22/h3-8,11-12H,2,9-10H2,1H3,(H2,23,24,26).